The van der Waals surface area contributed by atoms with Crippen LogP contribution in [0.1, 0.15) is 30.0 Å². The summed E-state index contributed by atoms with van der Waals surface area (Å²) in [7, 11) is 0. The van der Waals surface area contributed by atoms with Crippen molar-refractivity contribution in [3.63, 3.8) is 0 Å². The number of thioether (sulfide) groups is 1. The molecule has 2 aliphatic heterocycles. The maximum absolute atomic E-state index is 13.9. The maximum atomic E-state index is 13.9. The predicted molar refractivity (Wildman–Crippen MR) is 137 cm³/mol. The van der Waals surface area contributed by atoms with E-state index in [1.807, 2.05) is 12.1 Å². The molecule has 10 heteroatoms. The Morgan fingerprint density at radius 3 is 2.50 bits per heavy atom. The van der Waals surface area contributed by atoms with Gasteiger partial charge in [-0.1, -0.05) is 59.8 Å². The Morgan fingerprint density at radius 1 is 1.06 bits per heavy atom. The SMILES string of the molecule is O=C(C[C@H]1SC(N2N=C(c3ccc(F)cc3)C[C@@H]2c2ccc(Cl)cc2)=NC1=O)Nc1ccccc1F. The summed E-state index contributed by atoms with van der Waals surface area (Å²) in [6.45, 7) is 0. The third kappa shape index (κ3) is 5.17. The fourth-order valence-corrected chi connectivity index (χ4v) is 5.17. The van der Waals surface area contributed by atoms with Crippen LogP contribution in [0, 0.1) is 11.6 Å². The van der Waals surface area contributed by atoms with Crippen molar-refractivity contribution < 1.29 is 18.4 Å². The van der Waals surface area contributed by atoms with E-state index in [0.29, 0.717) is 22.3 Å². The minimum Gasteiger partial charge on any atom is -0.324 e. The molecule has 6 nitrogen and oxygen atoms in total. The van der Waals surface area contributed by atoms with Crippen LogP contribution in [0.4, 0.5) is 14.5 Å². The fraction of sp³-hybridized carbons (Fsp3) is 0.154. The van der Waals surface area contributed by atoms with Gasteiger partial charge in [0.2, 0.25) is 5.91 Å². The molecule has 182 valence electrons. The molecule has 0 radical (unpaired) electrons. The first-order valence-electron chi connectivity index (χ1n) is 11.1. The number of hydrazone groups is 1. The van der Waals surface area contributed by atoms with Gasteiger partial charge in [0.1, 0.15) is 16.9 Å². The van der Waals surface area contributed by atoms with Crippen molar-refractivity contribution in [2.45, 2.75) is 24.1 Å². The number of nitrogens with one attached hydrogen (secondary N) is 1. The highest BCUT2D eigenvalue weighted by Crippen LogP contribution is 2.39. The summed E-state index contributed by atoms with van der Waals surface area (Å²) in [5, 5.41) is 9.07. The van der Waals surface area contributed by atoms with E-state index in [9.17, 15) is 18.4 Å². The number of aliphatic imine (C=N–C) groups is 1. The van der Waals surface area contributed by atoms with Crippen LogP contribution >= 0.6 is 23.4 Å². The summed E-state index contributed by atoms with van der Waals surface area (Å²) < 4.78 is 27.3. The van der Waals surface area contributed by atoms with Crippen LogP contribution < -0.4 is 5.32 Å². The standard InChI is InChI=1S/C26H19ClF2N4O2S/c27-17-9-5-16(6-10-17)22-13-21(15-7-11-18(28)12-8-15)32-33(22)26-31-25(35)23(36-26)14-24(34)30-20-4-2-1-3-19(20)29/h1-12,22-23H,13-14H2,(H,30,34)/t22-,23-/m1/s1. The predicted octanol–water partition coefficient (Wildman–Crippen LogP) is 5.80. The first kappa shape index (κ1) is 24.1. The summed E-state index contributed by atoms with van der Waals surface area (Å²) >= 11 is 7.20. The first-order valence-corrected chi connectivity index (χ1v) is 12.3. The van der Waals surface area contributed by atoms with E-state index in [0.717, 1.165) is 22.9 Å². The lowest BCUT2D eigenvalue weighted by molar-refractivity contribution is -0.121. The molecule has 2 heterocycles. The molecule has 0 unspecified atom stereocenters. The summed E-state index contributed by atoms with van der Waals surface area (Å²) in [5.41, 5.74) is 2.44. The minimum absolute atomic E-state index is 0.0509. The Hall–Kier alpha value is -3.56. The molecule has 1 N–H and O–H groups in total. The van der Waals surface area contributed by atoms with Crippen molar-refractivity contribution in [3.05, 3.63) is 101 Å². The summed E-state index contributed by atoms with van der Waals surface area (Å²) in [4.78, 5) is 29.4. The second kappa shape index (κ2) is 10.2. The Balaban J connectivity index is 1.36. The summed E-state index contributed by atoms with van der Waals surface area (Å²) in [6, 6.07) is 18.9. The smallest absolute Gasteiger partial charge is 0.262 e. The quantitative estimate of drug-likeness (QED) is 0.458. The number of anilines is 1. The largest absolute Gasteiger partial charge is 0.324 e. The molecular weight excluding hydrogens is 506 g/mol. The number of halogens is 3. The summed E-state index contributed by atoms with van der Waals surface area (Å²) in [5.74, 6) is -1.85. The Bertz CT molecular complexity index is 1380. The van der Waals surface area contributed by atoms with E-state index in [1.54, 1.807) is 35.3 Å². The molecule has 0 spiro atoms. The van der Waals surface area contributed by atoms with Gasteiger partial charge in [-0.05, 0) is 47.5 Å². The van der Waals surface area contributed by atoms with Crippen LogP contribution in [-0.4, -0.2) is 33.0 Å². The number of amides is 2. The minimum atomic E-state index is -0.761. The molecule has 2 amide bonds. The van der Waals surface area contributed by atoms with Gasteiger partial charge in [0, 0.05) is 17.9 Å². The van der Waals surface area contributed by atoms with Gasteiger partial charge >= 0.3 is 0 Å². The van der Waals surface area contributed by atoms with E-state index < -0.39 is 22.9 Å². The van der Waals surface area contributed by atoms with Gasteiger partial charge in [0.15, 0.2) is 5.17 Å². The second-order valence-corrected chi connectivity index (χ2v) is 9.85. The van der Waals surface area contributed by atoms with Crippen LogP contribution in [0.5, 0.6) is 0 Å². The van der Waals surface area contributed by atoms with Crippen molar-refractivity contribution >= 4 is 51.7 Å². The van der Waals surface area contributed by atoms with Crippen molar-refractivity contribution in [3.8, 4) is 0 Å². The fourth-order valence-electron chi connectivity index (χ4n) is 3.98. The highest BCUT2D eigenvalue weighted by atomic mass is 35.5. The molecule has 0 aromatic heterocycles. The molecule has 0 fully saturated rings. The topological polar surface area (TPSA) is 74.1 Å². The van der Waals surface area contributed by atoms with Gasteiger partial charge in [0.05, 0.1) is 17.4 Å². The van der Waals surface area contributed by atoms with Gasteiger partial charge in [-0.15, -0.1) is 0 Å². The van der Waals surface area contributed by atoms with Gasteiger partial charge in [-0.3, -0.25) is 9.59 Å². The van der Waals surface area contributed by atoms with Crippen molar-refractivity contribution in [2.75, 3.05) is 5.32 Å². The van der Waals surface area contributed by atoms with Gasteiger partial charge in [0.25, 0.3) is 5.91 Å². The van der Waals surface area contributed by atoms with E-state index in [4.69, 9.17) is 16.7 Å². The van der Waals surface area contributed by atoms with E-state index in [2.05, 4.69) is 10.3 Å². The van der Waals surface area contributed by atoms with Crippen molar-refractivity contribution in [1.29, 1.82) is 0 Å². The zero-order valence-corrected chi connectivity index (χ0v) is 20.3. The molecular formula is C26H19ClF2N4O2S. The Morgan fingerprint density at radius 2 is 1.78 bits per heavy atom. The van der Waals surface area contributed by atoms with E-state index in [1.165, 1.54) is 30.3 Å². The number of carbonyl (C=O) groups is 2. The van der Waals surface area contributed by atoms with Crippen LogP contribution in [0.2, 0.25) is 5.02 Å². The van der Waals surface area contributed by atoms with Crippen LogP contribution in [0.3, 0.4) is 0 Å². The van der Waals surface area contributed by atoms with Crippen molar-refractivity contribution in [1.82, 2.24) is 5.01 Å². The molecule has 2 aliphatic rings. The number of para-hydroxylation sites is 1. The molecule has 0 aliphatic carbocycles. The number of hydrogen-bond acceptors (Lipinski definition) is 5. The molecule has 36 heavy (non-hydrogen) atoms. The van der Waals surface area contributed by atoms with E-state index >= 15 is 0 Å². The zero-order valence-electron chi connectivity index (χ0n) is 18.7. The molecule has 3 aromatic rings. The van der Waals surface area contributed by atoms with Gasteiger partial charge in [-0.2, -0.15) is 10.1 Å². The summed E-state index contributed by atoms with van der Waals surface area (Å²) in [6.07, 6.45) is 0.332. The molecule has 0 bridgehead atoms. The third-order valence-electron chi connectivity index (χ3n) is 5.79. The molecule has 5 rings (SSSR count). The molecule has 0 saturated carbocycles. The van der Waals surface area contributed by atoms with E-state index in [-0.39, 0.29) is 24.0 Å². The third-order valence-corrected chi connectivity index (χ3v) is 7.18. The maximum Gasteiger partial charge on any atom is 0.262 e. The van der Waals surface area contributed by atoms with Crippen LogP contribution in [0.25, 0.3) is 0 Å². The highest BCUT2D eigenvalue weighted by Gasteiger charge is 2.39. The number of nitrogens with zero attached hydrogens (tertiary/aromatic N) is 3. The number of hydrogen-bond donors (Lipinski definition) is 1. The number of benzene rings is 3. The first-order chi connectivity index (χ1) is 17.4. The lowest BCUT2D eigenvalue weighted by Gasteiger charge is -2.23. The lowest BCUT2D eigenvalue weighted by atomic mass is 9.99. The van der Waals surface area contributed by atoms with Crippen LogP contribution in [0.15, 0.2) is 82.9 Å². The Labute approximate surface area is 215 Å². The Kier molecular flexibility index (Phi) is 6.84. The molecule has 2 atom stereocenters. The number of amidine groups is 1. The average molecular weight is 525 g/mol. The monoisotopic (exact) mass is 524 g/mol. The van der Waals surface area contributed by atoms with Gasteiger partial charge in [-0.25, -0.2) is 13.8 Å². The molecule has 0 saturated heterocycles. The van der Waals surface area contributed by atoms with Gasteiger partial charge < -0.3 is 5.32 Å². The van der Waals surface area contributed by atoms with Crippen LogP contribution in [-0.2, 0) is 9.59 Å². The highest BCUT2D eigenvalue weighted by molar-refractivity contribution is 8.15. The molecule has 3 aromatic carbocycles. The normalized spacial score (nSPS) is 19.3. The number of rotatable bonds is 5. The lowest BCUT2D eigenvalue weighted by Crippen LogP contribution is -2.25. The zero-order chi connectivity index (χ0) is 25.2. The average Bonchev–Trinajstić information content (AvgIpc) is 3.45. The number of carbonyl (C=O) groups excluding carboxylic acids is 2. The second-order valence-electron chi connectivity index (χ2n) is 8.24. The van der Waals surface area contributed by atoms with Crippen molar-refractivity contribution in [2.24, 2.45) is 10.1 Å².